The van der Waals surface area contributed by atoms with E-state index in [0.29, 0.717) is 0 Å². The molecule has 74 valence electrons. The van der Waals surface area contributed by atoms with Gasteiger partial charge in [0.15, 0.2) is 0 Å². The van der Waals surface area contributed by atoms with Crippen LogP contribution in [0.3, 0.4) is 0 Å². The summed E-state index contributed by atoms with van der Waals surface area (Å²) in [7, 11) is 0. The van der Waals surface area contributed by atoms with Crippen molar-refractivity contribution in [3.05, 3.63) is 0 Å². The van der Waals surface area contributed by atoms with Crippen molar-refractivity contribution >= 4 is 5.91 Å². The summed E-state index contributed by atoms with van der Waals surface area (Å²) in [4.78, 5) is 13.1. The number of nitrogens with one attached hydrogen (secondary N) is 1. The smallest absolute Gasteiger partial charge is 0.236 e. The van der Waals surface area contributed by atoms with Gasteiger partial charge in [-0.15, -0.1) is 0 Å². The number of hydrogen-bond donors (Lipinski definition) is 1. The van der Waals surface area contributed by atoms with Crippen molar-refractivity contribution in [2.75, 3.05) is 19.6 Å². The normalized spacial score (nSPS) is 11.8. The summed E-state index contributed by atoms with van der Waals surface area (Å²) in [6.45, 7) is 7.30. The van der Waals surface area contributed by atoms with Crippen LogP contribution in [0.15, 0.2) is 0 Å². The molecule has 0 aromatic carbocycles. The van der Waals surface area contributed by atoms with Crippen LogP contribution in [0.25, 0.3) is 0 Å². The lowest BCUT2D eigenvalue weighted by molar-refractivity contribution is -0.129. The Morgan fingerprint density at radius 1 is 1.54 bits per heavy atom. The topological polar surface area (TPSA) is 56.1 Å². The highest BCUT2D eigenvalue weighted by atomic mass is 16.2. The minimum Gasteiger partial charge on any atom is -0.342 e. The molecule has 0 heterocycles. The zero-order valence-corrected chi connectivity index (χ0v) is 8.50. The SMILES string of the molecule is CCN(CC)C(=O)CNC(C)C#N. The zero-order valence-electron chi connectivity index (χ0n) is 8.50. The van der Waals surface area contributed by atoms with E-state index in [-0.39, 0.29) is 18.5 Å². The van der Waals surface area contributed by atoms with Crippen molar-refractivity contribution in [1.82, 2.24) is 10.2 Å². The summed E-state index contributed by atoms with van der Waals surface area (Å²) in [6.07, 6.45) is 0. The van der Waals surface area contributed by atoms with Crippen LogP contribution in [0, 0.1) is 11.3 Å². The Kier molecular flexibility index (Phi) is 5.90. The molecule has 0 bridgehead atoms. The first-order valence-electron chi connectivity index (χ1n) is 4.56. The van der Waals surface area contributed by atoms with Gasteiger partial charge in [-0.1, -0.05) is 0 Å². The number of amides is 1. The van der Waals surface area contributed by atoms with Crippen molar-refractivity contribution in [2.24, 2.45) is 0 Å². The molecule has 0 aromatic heterocycles. The maximum atomic E-state index is 11.4. The van der Waals surface area contributed by atoms with Gasteiger partial charge in [0, 0.05) is 13.1 Å². The second-order valence-corrected chi connectivity index (χ2v) is 2.80. The number of nitrogens with zero attached hydrogens (tertiary/aromatic N) is 2. The summed E-state index contributed by atoms with van der Waals surface area (Å²) >= 11 is 0. The summed E-state index contributed by atoms with van der Waals surface area (Å²) in [5, 5.41) is 11.3. The molecule has 0 saturated heterocycles. The standard InChI is InChI=1S/C9H17N3O/c1-4-12(5-2)9(13)7-11-8(3)6-10/h8,11H,4-5,7H2,1-3H3. The van der Waals surface area contributed by atoms with Crippen LogP contribution in [0.4, 0.5) is 0 Å². The molecular weight excluding hydrogens is 166 g/mol. The van der Waals surface area contributed by atoms with Crippen LogP contribution in [-0.4, -0.2) is 36.5 Å². The zero-order chi connectivity index (χ0) is 10.3. The summed E-state index contributed by atoms with van der Waals surface area (Å²) in [5.41, 5.74) is 0. The monoisotopic (exact) mass is 183 g/mol. The highest BCUT2D eigenvalue weighted by Crippen LogP contribution is 1.88. The number of likely N-dealkylation sites (N-methyl/N-ethyl adjacent to an activating group) is 1. The predicted octanol–water partition coefficient (Wildman–Crippen LogP) is 0.356. The van der Waals surface area contributed by atoms with E-state index in [1.807, 2.05) is 19.9 Å². The quantitative estimate of drug-likeness (QED) is 0.669. The predicted molar refractivity (Wildman–Crippen MR) is 51.0 cm³/mol. The molecule has 0 aliphatic rings. The first kappa shape index (κ1) is 11.9. The van der Waals surface area contributed by atoms with Crippen molar-refractivity contribution < 1.29 is 4.79 Å². The van der Waals surface area contributed by atoms with Crippen molar-refractivity contribution in [2.45, 2.75) is 26.8 Å². The fraction of sp³-hybridized carbons (Fsp3) is 0.778. The third-order valence-electron chi connectivity index (χ3n) is 1.87. The molecule has 0 radical (unpaired) electrons. The van der Waals surface area contributed by atoms with E-state index >= 15 is 0 Å². The van der Waals surface area contributed by atoms with E-state index in [1.165, 1.54) is 0 Å². The summed E-state index contributed by atoms with van der Waals surface area (Å²) in [6, 6.07) is 1.75. The number of rotatable bonds is 5. The largest absolute Gasteiger partial charge is 0.342 e. The average Bonchev–Trinajstić information content (AvgIpc) is 2.16. The van der Waals surface area contributed by atoms with Gasteiger partial charge in [0.25, 0.3) is 0 Å². The fourth-order valence-electron chi connectivity index (χ4n) is 0.974. The molecule has 4 nitrogen and oxygen atoms in total. The van der Waals surface area contributed by atoms with Gasteiger partial charge in [-0.25, -0.2) is 0 Å². The number of carbonyl (C=O) groups excluding carboxylic acids is 1. The van der Waals surface area contributed by atoms with Crippen molar-refractivity contribution in [1.29, 1.82) is 5.26 Å². The lowest BCUT2D eigenvalue weighted by Gasteiger charge is -2.19. The van der Waals surface area contributed by atoms with Crippen molar-refractivity contribution in [3.63, 3.8) is 0 Å². The molecule has 0 aliphatic heterocycles. The molecule has 0 rings (SSSR count). The van der Waals surface area contributed by atoms with Gasteiger partial charge in [-0.05, 0) is 20.8 Å². The molecule has 4 heteroatoms. The first-order valence-corrected chi connectivity index (χ1v) is 4.56. The van der Waals surface area contributed by atoms with E-state index in [9.17, 15) is 4.79 Å². The average molecular weight is 183 g/mol. The molecule has 1 amide bonds. The third kappa shape index (κ3) is 4.48. The number of nitriles is 1. The fourth-order valence-corrected chi connectivity index (χ4v) is 0.974. The Balaban J connectivity index is 3.80. The van der Waals surface area contributed by atoms with E-state index in [2.05, 4.69) is 5.32 Å². The highest BCUT2D eigenvalue weighted by molar-refractivity contribution is 5.78. The second-order valence-electron chi connectivity index (χ2n) is 2.80. The van der Waals surface area contributed by atoms with E-state index in [1.54, 1.807) is 11.8 Å². The highest BCUT2D eigenvalue weighted by Gasteiger charge is 2.09. The van der Waals surface area contributed by atoms with Crippen LogP contribution in [0.5, 0.6) is 0 Å². The van der Waals surface area contributed by atoms with Crippen LogP contribution >= 0.6 is 0 Å². The van der Waals surface area contributed by atoms with Crippen LogP contribution in [0.2, 0.25) is 0 Å². The second kappa shape index (κ2) is 6.44. The van der Waals surface area contributed by atoms with Gasteiger partial charge in [-0.3, -0.25) is 10.1 Å². The molecule has 1 unspecified atom stereocenters. The molecule has 0 aliphatic carbocycles. The Bertz CT molecular complexity index is 194. The van der Waals surface area contributed by atoms with E-state index in [4.69, 9.17) is 5.26 Å². The van der Waals surface area contributed by atoms with Gasteiger partial charge in [0.1, 0.15) is 0 Å². The maximum absolute atomic E-state index is 11.4. The molecule has 1 N–H and O–H groups in total. The molecule has 13 heavy (non-hydrogen) atoms. The van der Waals surface area contributed by atoms with Crippen molar-refractivity contribution in [3.8, 4) is 6.07 Å². The lowest BCUT2D eigenvalue weighted by Crippen LogP contribution is -2.40. The van der Waals surface area contributed by atoms with E-state index < -0.39 is 0 Å². The third-order valence-corrected chi connectivity index (χ3v) is 1.87. The minimum absolute atomic E-state index is 0.0482. The van der Waals surface area contributed by atoms with Crippen LogP contribution < -0.4 is 5.32 Å². The Morgan fingerprint density at radius 3 is 2.46 bits per heavy atom. The molecule has 0 fully saturated rings. The molecule has 1 atom stereocenters. The molecule has 0 aromatic rings. The lowest BCUT2D eigenvalue weighted by atomic mass is 10.3. The molecular formula is C9H17N3O. The molecule has 0 spiro atoms. The summed E-state index contributed by atoms with van der Waals surface area (Å²) in [5.74, 6) is 0.0482. The maximum Gasteiger partial charge on any atom is 0.236 e. The Morgan fingerprint density at radius 2 is 2.08 bits per heavy atom. The number of carbonyl (C=O) groups is 1. The van der Waals surface area contributed by atoms with Gasteiger partial charge in [-0.2, -0.15) is 5.26 Å². The van der Waals surface area contributed by atoms with Gasteiger partial charge >= 0.3 is 0 Å². The Hall–Kier alpha value is -1.08. The van der Waals surface area contributed by atoms with Gasteiger partial charge in [0.05, 0.1) is 18.7 Å². The van der Waals surface area contributed by atoms with Crippen LogP contribution in [-0.2, 0) is 4.79 Å². The van der Waals surface area contributed by atoms with Gasteiger partial charge in [0.2, 0.25) is 5.91 Å². The summed E-state index contributed by atoms with van der Waals surface area (Å²) < 4.78 is 0. The Labute approximate surface area is 79.5 Å². The number of hydrogen-bond acceptors (Lipinski definition) is 3. The van der Waals surface area contributed by atoms with Gasteiger partial charge < -0.3 is 4.90 Å². The minimum atomic E-state index is -0.264. The van der Waals surface area contributed by atoms with E-state index in [0.717, 1.165) is 13.1 Å². The first-order chi connectivity index (χ1) is 6.15. The molecule has 0 saturated carbocycles. The van der Waals surface area contributed by atoms with Crippen LogP contribution in [0.1, 0.15) is 20.8 Å².